The lowest BCUT2D eigenvalue weighted by Gasteiger charge is -2.09. The number of nitrogens with zero attached hydrogens (tertiary/aromatic N) is 1. The summed E-state index contributed by atoms with van der Waals surface area (Å²) in [5, 5.41) is 2.97. The van der Waals surface area contributed by atoms with Gasteiger partial charge in [0.25, 0.3) is 5.91 Å². The molecule has 8 heteroatoms. The second-order valence-corrected chi connectivity index (χ2v) is 6.75. The lowest BCUT2D eigenvalue weighted by atomic mass is 10.2. The van der Waals surface area contributed by atoms with Gasteiger partial charge in [-0.1, -0.05) is 53.5 Å². The first-order chi connectivity index (χ1) is 14.0. The minimum atomic E-state index is -0.634. The summed E-state index contributed by atoms with van der Waals surface area (Å²) in [5.74, 6) is -0.452. The van der Waals surface area contributed by atoms with Crippen LogP contribution in [0.3, 0.4) is 0 Å². The van der Waals surface area contributed by atoms with Gasteiger partial charge in [0.2, 0.25) is 0 Å². The van der Waals surface area contributed by atoms with Gasteiger partial charge in [-0.3, -0.25) is 4.79 Å². The molecule has 0 fully saturated rings. The fourth-order valence-corrected chi connectivity index (χ4v) is 2.74. The fourth-order valence-electron chi connectivity index (χ4n) is 2.32. The van der Waals surface area contributed by atoms with E-state index in [-0.39, 0.29) is 10.8 Å². The maximum Gasteiger partial charge on any atom is 0.338 e. The molecular weight excluding hydrogens is 415 g/mol. The summed E-state index contributed by atoms with van der Waals surface area (Å²) in [7, 11) is 0. The fraction of sp³-hybridized carbons (Fsp3) is 0.0952. The Balaban J connectivity index is 1.48. The van der Waals surface area contributed by atoms with Crippen molar-refractivity contribution in [3.05, 3.63) is 88.0 Å². The Labute approximate surface area is 177 Å². The summed E-state index contributed by atoms with van der Waals surface area (Å²) in [6.07, 6.45) is 1.34. The third kappa shape index (κ3) is 6.20. The van der Waals surface area contributed by atoms with Crippen molar-refractivity contribution < 1.29 is 19.1 Å². The van der Waals surface area contributed by atoms with Crippen LogP contribution >= 0.6 is 23.2 Å². The molecule has 1 aromatic heterocycles. The number of aromatic nitrogens is 1. The third-order valence-electron chi connectivity index (χ3n) is 3.74. The Morgan fingerprint density at radius 2 is 1.72 bits per heavy atom. The van der Waals surface area contributed by atoms with E-state index in [0.717, 1.165) is 5.56 Å². The Kier molecular flexibility index (Phi) is 7.05. The number of anilines is 1. The maximum atomic E-state index is 12.1. The smallest absolute Gasteiger partial charge is 0.338 e. The molecule has 0 bridgehead atoms. The number of pyridine rings is 1. The van der Waals surface area contributed by atoms with E-state index in [9.17, 15) is 9.59 Å². The topological polar surface area (TPSA) is 77.5 Å². The van der Waals surface area contributed by atoms with Crippen LogP contribution in [0.15, 0.2) is 66.9 Å². The average Bonchev–Trinajstić information content (AvgIpc) is 2.73. The first kappa shape index (κ1) is 20.6. The van der Waals surface area contributed by atoms with Gasteiger partial charge in [-0.15, -0.1) is 0 Å². The summed E-state index contributed by atoms with van der Waals surface area (Å²) in [4.78, 5) is 27.9. The minimum absolute atomic E-state index is 0.136. The maximum absolute atomic E-state index is 12.1. The van der Waals surface area contributed by atoms with Crippen molar-refractivity contribution in [2.75, 3.05) is 11.9 Å². The highest BCUT2D eigenvalue weighted by Gasteiger charge is 2.12. The number of ether oxygens (including phenoxy) is 2. The molecular formula is C21H16Cl2N2O4. The molecule has 0 spiro atoms. The summed E-state index contributed by atoms with van der Waals surface area (Å²) in [5.41, 5.74) is 1.34. The van der Waals surface area contributed by atoms with Gasteiger partial charge >= 0.3 is 5.97 Å². The minimum Gasteiger partial charge on any atom is -0.489 e. The molecule has 148 valence electrons. The van der Waals surface area contributed by atoms with Crippen LogP contribution in [-0.4, -0.2) is 23.5 Å². The zero-order chi connectivity index (χ0) is 20.6. The summed E-state index contributed by atoms with van der Waals surface area (Å²) in [6.45, 7) is -0.0577. The predicted octanol–water partition coefficient (Wildman–Crippen LogP) is 4.76. The quantitative estimate of drug-likeness (QED) is 0.546. The number of amides is 1. The van der Waals surface area contributed by atoms with E-state index in [1.54, 1.807) is 24.3 Å². The van der Waals surface area contributed by atoms with Gasteiger partial charge in [0.05, 0.1) is 15.6 Å². The number of esters is 1. The summed E-state index contributed by atoms with van der Waals surface area (Å²) >= 11 is 11.7. The third-order valence-corrected chi connectivity index (χ3v) is 4.23. The standard InChI is InChI=1S/C21H16Cl2N2O4/c22-16-10-18(23)20(24-11-16)25-19(26)13-29-21(27)15-6-8-17(9-7-15)28-12-14-4-2-1-3-5-14/h1-11H,12-13H2,(H,24,25,26). The molecule has 1 heterocycles. The van der Waals surface area contributed by atoms with Crippen LogP contribution < -0.4 is 10.1 Å². The zero-order valence-corrected chi connectivity index (χ0v) is 16.6. The Morgan fingerprint density at radius 3 is 2.41 bits per heavy atom. The first-order valence-electron chi connectivity index (χ1n) is 8.56. The monoisotopic (exact) mass is 430 g/mol. The van der Waals surface area contributed by atoms with E-state index in [1.807, 2.05) is 30.3 Å². The molecule has 0 aliphatic carbocycles. The summed E-state index contributed by atoms with van der Waals surface area (Å²) < 4.78 is 10.7. The van der Waals surface area contributed by atoms with Gasteiger partial charge < -0.3 is 14.8 Å². The van der Waals surface area contributed by atoms with Crippen LogP contribution in [0.25, 0.3) is 0 Å². The van der Waals surface area contributed by atoms with Crippen molar-refractivity contribution in [3.63, 3.8) is 0 Å². The molecule has 6 nitrogen and oxygen atoms in total. The SMILES string of the molecule is O=C(COC(=O)c1ccc(OCc2ccccc2)cc1)Nc1ncc(Cl)cc1Cl. The van der Waals surface area contributed by atoms with Crippen molar-refractivity contribution in [1.29, 1.82) is 0 Å². The van der Waals surface area contributed by atoms with E-state index in [1.165, 1.54) is 12.3 Å². The molecule has 0 saturated heterocycles. The zero-order valence-electron chi connectivity index (χ0n) is 15.1. The van der Waals surface area contributed by atoms with Crippen molar-refractivity contribution in [3.8, 4) is 5.75 Å². The normalized spacial score (nSPS) is 10.3. The number of rotatable bonds is 7. The van der Waals surface area contributed by atoms with Crippen molar-refractivity contribution in [2.45, 2.75) is 6.61 Å². The van der Waals surface area contributed by atoms with Crippen molar-refractivity contribution in [2.24, 2.45) is 0 Å². The Hall–Kier alpha value is -3.09. The molecule has 0 unspecified atom stereocenters. The number of hydrogen-bond donors (Lipinski definition) is 1. The van der Waals surface area contributed by atoms with Gasteiger partial charge in [-0.2, -0.15) is 0 Å². The number of benzene rings is 2. The lowest BCUT2D eigenvalue weighted by Crippen LogP contribution is -2.21. The highest BCUT2D eigenvalue weighted by Crippen LogP contribution is 2.22. The second kappa shape index (κ2) is 9.91. The largest absolute Gasteiger partial charge is 0.489 e. The van der Waals surface area contributed by atoms with Crippen LogP contribution in [0, 0.1) is 0 Å². The molecule has 0 radical (unpaired) electrons. The number of hydrogen-bond acceptors (Lipinski definition) is 5. The molecule has 2 aromatic carbocycles. The van der Waals surface area contributed by atoms with Gasteiger partial charge in [0, 0.05) is 6.20 Å². The molecule has 3 aromatic rings. The van der Waals surface area contributed by atoms with Crippen LogP contribution in [0.5, 0.6) is 5.75 Å². The highest BCUT2D eigenvalue weighted by molar-refractivity contribution is 6.36. The highest BCUT2D eigenvalue weighted by atomic mass is 35.5. The molecule has 3 rings (SSSR count). The molecule has 0 atom stereocenters. The van der Waals surface area contributed by atoms with Crippen LogP contribution in [0.2, 0.25) is 10.0 Å². The Morgan fingerprint density at radius 1 is 1.00 bits per heavy atom. The van der Waals surface area contributed by atoms with Crippen LogP contribution in [0.4, 0.5) is 5.82 Å². The summed E-state index contributed by atoms with van der Waals surface area (Å²) in [6, 6.07) is 17.6. The molecule has 29 heavy (non-hydrogen) atoms. The molecule has 1 amide bonds. The molecule has 1 N–H and O–H groups in total. The Bertz CT molecular complexity index is 995. The number of nitrogens with one attached hydrogen (secondary N) is 1. The van der Waals surface area contributed by atoms with Gasteiger partial charge in [0.1, 0.15) is 12.4 Å². The van der Waals surface area contributed by atoms with Gasteiger partial charge in [-0.05, 0) is 35.9 Å². The predicted molar refractivity (Wildman–Crippen MR) is 110 cm³/mol. The van der Waals surface area contributed by atoms with Gasteiger partial charge in [-0.25, -0.2) is 9.78 Å². The number of carbonyl (C=O) groups excluding carboxylic acids is 2. The number of halogens is 2. The van der Waals surface area contributed by atoms with Gasteiger partial charge in [0.15, 0.2) is 12.4 Å². The van der Waals surface area contributed by atoms with Crippen LogP contribution in [0.1, 0.15) is 15.9 Å². The van der Waals surface area contributed by atoms with E-state index in [2.05, 4.69) is 10.3 Å². The van der Waals surface area contributed by atoms with E-state index in [4.69, 9.17) is 32.7 Å². The first-order valence-corrected chi connectivity index (χ1v) is 9.31. The molecule has 0 aliphatic heterocycles. The van der Waals surface area contributed by atoms with Crippen LogP contribution in [-0.2, 0) is 16.1 Å². The van der Waals surface area contributed by atoms with Crippen molar-refractivity contribution >= 4 is 40.9 Å². The second-order valence-electron chi connectivity index (χ2n) is 5.91. The average molecular weight is 431 g/mol. The van der Waals surface area contributed by atoms with E-state index in [0.29, 0.717) is 22.9 Å². The molecule has 0 saturated carbocycles. The molecule has 0 aliphatic rings. The van der Waals surface area contributed by atoms with E-state index < -0.39 is 18.5 Å². The van der Waals surface area contributed by atoms with E-state index >= 15 is 0 Å². The van der Waals surface area contributed by atoms with Crippen molar-refractivity contribution in [1.82, 2.24) is 4.98 Å². The lowest BCUT2D eigenvalue weighted by molar-refractivity contribution is -0.119. The number of carbonyl (C=O) groups is 2.